The molecule has 2 aromatic rings. The highest BCUT2D eigenvalue weighted by Gasteiger charge is 2.23. The zero-order valence-electron chi connectivity index (χ0n) is 15.4. The summed E-state index contributed by atoms with van der Waals surface area (Å²) in [4.78, 5) is 14.7. The molecule has 1 atom stereocenters. The molecule has 0 aromatic heterocycles. The fourth-order valence-electron chi connectivity index (χ4n) is 3.37. The highest BCUT2D eigenvalue weighted by Crippen LogP contribution is 2.27. The standard InChI is InChI=1S/C21H26N2O3/c1-25-19-9-8-16(12-20(19)26-2)13-21(24)22-14-17-10-11-23(15-17)18-6-4-3-5-7-18/h3-9,12,17H,10-11,13-15H2,1-2H3,(H,22,24). The number of methoxy groups -OCH3 is 2. The summed E-state index contributed by atoms with van der Waals surface area (Å²) in [6, 6.07) is 16.0. The van der Waals surface area contributed by atoms with Crippen LogP contribution in [0.5, 0.6) is 11.5 Å². The third kappa shape index (κ3) is 4.48. The molecule has 0 bridgehead atoms. The monoisotopic (exact) mass is 354 g/mol. The smallest absolute Gasteiger partial charge is 0.224 e. The topological polar surface area (TPSA) is 50.8 Å². The second kappa shape index (κ2) is 8.61. The number of ether oxygens (including phenoxy) is 2. The number of benzene rings is 2. The fourth-order valence-corrected chi connectivity index (χ4v) is 3.37. The number of nitrogens with one attached hydrogen (secondary N) is 1. The van der Waals surface area contributed by atoms with Crippen LogP contribution in [-0.2, 0) is 11.2 Å². The van der Waals surface area contributed by atoms with Crippen molar-refractivity contribution in [2.45, 2.75) is 12.8 Å². The first-order valence-electron chi connectivity index (χ1n) is 8.97. The van der Waals surface area contributed by atoms with E-state index in [1.807, 2.05) is 24.3 Å². The fraction of sp³-hybridized carbons (Fsp3) is 0.381. The van der Waals surface area contributed by atoms with Gasteiger partial charge in [-0.2, -0.15) is 0 Å². The van der Waals surface area contributed by atoms with E-state index in [1.54, 1.807) is 14.2 Å². The van der Waals surface area contributed by atoms with Crippen LogP contribution in [0.2, 0.25) is 0 Å². The zero-order valence-corrected chi connectivity index (χ0v) is 15.4. The molecule has 1 aliphatic rings. The molecule has 1 amide bonds. The van der Waals surface area contributed by atoms with Gasteiger partial charge >= 0.3 is 0 Å². The Bertz CT molecular complexity index is 733. The number of para-hydroxylation sites is 1. The molecule has 138 valence electrons. The van der Waals surface area contributed by atoms with Gasteiger partial charge in [0.1, 0.15) is 0 Å². The molecule has 5 heteroatoms. The van der Waals surface area contributed by atoms with Gasteiger partial charge in [0.15, 0.2) is 11.5 Å². The summed E-state index contributed by atoms with van der Waals surface area (Å²) in [7, 11) is 3.20. The van der Waals surface area contributed by atoms with E-state index in [9.17, 15) is 4.79 Å². The van der Waals surface area contributed by atoms with Gasteiger partial charge in [-0.15, -0.1) is 0 Å². The van der Waals surface area contributed by atoms with Crippen LogP contribution in [0.3, 0.4) is 0 Å². The number of rotatable bonds is 7. The van der Waals surface area contributed by atoms with Gasteiger partial charge in [0.25, 0.3) is 0 Å². The Balaban J connectivity index is 1.47. The Hall–Kier alpha value is -2.69. The molecule has 1 N–H and O–H groups in total. The lowest BCUT2D eigenvalue weighted by atomic mass is 10.1. The molecule has 26 heavy (non-hydrogen) atoms. The van der Waals surface area contributed by atoms with Gasteiger partial charge in [-0.1, -0.05) is 24.3 Å². The van der Waals surface area contributed by atoms with Crippen LogP contribution >= 0.6 is 0 Å². The van der Waals surface area contributed by atoms with Gasteiger partial charge in [0.2, 0.25) is 5.91 Å². The summed E-state index contributed by atoms with van der Waals surface area (Å²) in [6.45, 7) is 2.75. The molecule has 5 nitrogen and oxygen atoms in total. The minimum atomic E-state index is 0.0374. The van der Waals surface area contributed by atoms with Gasteiger partial charge in [0.05, 0.1) is 20.6 Å². The highest BCUT2D eigenvalue weighted by molar-refractivity contribution is 5.78. The van der Waals surface area contributed by atoms with Crippen molar-refractivity contribution >= 4 is 11.6 Å². The summed E-state index contributed by atoms with van der Waals surface area (Å²) < 4.78 is 10.5. The maximum absolute atomic E-state index is 12.3. The van der Waals surface area contributed by atoms with Crippen molar-refractivity contribution in [3.05, 3.63) is 54.1 Å². The van der Waals surface area contributed by atoms with Crippen LogP contribution in [0.15, 0.2) is 48.5 Å². The van der Waals surface area contributed by atoms with E-state index in [2.05, 4.69) is 34.5 Å². The Labute approximate surface area is 154 Å². The third-order valence-electron chi connectivity index (χ3n) is 4.81. The molecular formula is C21H26N2O3. The first-order valence-corrected chi connectivity index (χ1v) is 8.97. The summed E-state index contributed by atoms with van der Waals surface area (Å²) >= 11 is 0. The van der Waals surface area contributed by atoms with Gasteiger partial charge in [-0.25, -0.2) is 0 Å². The van der Waals surface area contributed by atoms with Crippen LogP contribution in [0.4, 0.5) is 5.69 Å². The first kappa shape index (κ1) is 18.1. The second-order valence-corrected chi connectivity index (χ2v) is 6.61. The molecule has 0 saturated carbocycles. The summed E-state index contributed by atoms with van der Waals surface area (Å²) in [5.74, 6) is 1.84. The van der Waals surface area contributed by atoms with Crippen LogP contribution < -0.4 is 19.7 Å². The molecule has 1 unspecified atom stereocenters. The summed E-state index contributed by atoms with van der Waals surface area (Å²) in [6.07, 6.45) is 1.45. The van der Waals surface area contributed by atoms with E-state index in [4.69, 9.17) is 9.47 Å². The molecule has 1 saturated heterocycles. The van der Waals surface area contributed by atoms with E-state index in [0.717, 1.165) is 31.6 Å². The van der Waals surface area contributed by atoms with Crippen molar-refractivity contribution in [1.82, 2.24) is 5.32 Å². The molecular weight excluding hydrogens is 328 g/mol. The number of hydrogen-bond donors (Lipinski definition) is 1. The van der Waals surface area contributed by atoms with Crippen molar-refractivity contribution in [3.8, 4) is 11.5 Å². The molecule has 2 aromatic carbocycles. The largest absolute Gasteiger partial charge is 0.493 e. The van der Waals surface area contributed by atoms with E-state index in [-0.39, 0.29) is 5.91 Å². The highest BCUT2D eigenvalue weighted by atomic mass is 16.5. The Kier molecular flexibility index (Phi) is 6.00. The van der Waals surface area contributed by atoms with Crippen LogP contribution in [0.1, 0.15) is 12.0 Å². The third-order valence-corrected chi connectivity index (χ3v) is 4.81. The molecule has 0 spiro atoms. The van der Waals surface area contributed by atoms with E-state index >= 15 is 0 Å². The van der Waals surface area contributed by atoms with Crippen molar-refractivity contribution in [2.75, 3.05) is 38.8 Å². The van der Waals surface area contributed by atoms with Crippen LogP contribution in [0, 0.1) is 5.92 Å². The van der Waals surface area contributed by atoms with Crippen molar-refractivity contribution in [1.29, 1.82) is 0 Å². The van der Waals surface area contributed by atoms with Crippen LogP contribution in [0.25, 0.3) is 0 Å². The average Bonchev–Trinajstić information content (AvgIpc) is 3.16. The lowest BCUT2D eigenvalue weighted by molar-refractivity contribution is -0.120. The Morgan fingerprint density at radius 3 is 2.62 bits per heavy atom. The number of nitrogens with zero attached hydrogens (tertiary/aromatic N) is 1. The maximum Gasteiger partial charge on any atom is 0.224 e. The average molecular weight is 354 g/mol. The molecule has 3 rings (SSSR count). The zero-order chi connectivity index (χ0) is 18.4. The molecule has 1 fully saturated rings. The lowest BCUT2D eigenvalue weighted by Crippen LogP contribution is -2.32. The van der Waals surface area contributed by atoms with Crippen molar-refractivity contribution < 1.29 is 14.3 Å². The van der Waals surface area contributed by atoms with E-state index < -0.39 is 0 Å². The SMILES string of the molecule is COc1ccc(CC(=O)NCC2CCN(c3ccccc3)C2)cc1OC. The molecule has 1 heterocycles. The Morgan fingerprint density at radius 1 is 1.12 bits per heavy atom. The first-order chi connectivity index (χ1) is 12.7. The quantitative estimate of drug-likeness (QED) is 0.831. The van der Waals surface area contributed by atoms with Crippen LogP contribution in [-0.4, -0.2) is 39.8 Å². The number of carbonyl (C=O) groups excluding carboxylic acids is 1. The van der Waals surface area contributed by atoms with Gasteiger partial charge in [0, 0.05) is 25.3 Å². The number of anilines is 1. The van der Waals surface area contributed by atoms with E-state index in [1.165, 1.54) is 5.69 Å². The minimum absolute atomic E-state index is 0.0374. The van der Waals surface area contributed by atoms with Crippen molar-refractivity contribution in [2.24, 2.45) is 5.92 Å². The lowest BCUT2D eigenvalue weighted by Gasteiger charge is -2.18. The predicted octanol–water partition coefficient (Wildman–Crippen LogP) is 2.89. The van der Waals surface area contributed by atoms with Gasteiger partial charge < -0.3 is 19.7 Å². The maximum atomic E-state index is 12.3. The number of hydrogen-bond acceptors (Lipinski definition) is 4. The summed E-state index contributed by atoms with van der Waals surface area (Å²) in [5.41, 5.74) is 2.17. The molecule has 0 radical (unpaired) electrons. The predicted molar refractivity (Wildman–Crippen MR) is 103 cm³/mol. The van der Waals surface area contributed by atoms with Crippen molar-refractivity contribution in [3.63, 3.8) is 0 Å². The van der Waals surface area contributed by atoms with Gasteiger partial charge in [-0.05, 0) is 42.2 Å². The second-order valence-electron chi connectivity index (χ2n) is 6.61. The van der Waals surface area contributed by atoms with E-state index in [0.29, 0.717) is 23.8 Å². The number of amides is 1. The Morgan fingerprint density at radius 2 is 1.88 bits per heavy atom. The minimum Gasteiger partial charge on any atom is -0.493 e. The molecule has 1 aliphatic heterocycles. The number of carbonyl (C=O) groups is 1. The van der Waals surface area contributed by atoms with Gasteiger partial charge in [-0.3, -0.25) is 4.79 Å². The normalized spacial score (nSPS) is 16.4. The summed E-state index contributed by atoms with van der Waals surface area (Å²) in [5, 5.41) is 3.07. The molecule has 0 aliphatic carbocycles.